The Kier molecular flexibility index (Phi) is 2.52. The second-order valence-corrected chi connectivity index (χ2v) is 5.88. The van der Waals surface area contributed by atoms with Crippen LogP contribution in [0, 0.1) is 5.41 Å². The van der Waals surface area contributed by atoms with Crippen molar-refractivity contribution in [2.75, 3.05) is 0 Å². The molecule has 0 radical (unpaired) electrons. The van der Waals surface area contributed by atoms with Gasteiger partial charge in [-0.05, 0) is 16.8 Å². The first-order valence-corrected chi connectivity index (χ1v) is 6.36. The zero-order valence-electron chi connectivity index (χ0n) is 11.3. The average molecular weight is 256 g/mol. The van der Waals surface area contributed by atoms with E-state index in [0.717, 1.165) is 10.8 Å². The Balaban J connectivity index is 2.16. The highest BCUT2D eigenvalue weighted by atomic mass is 16.7. The lowest BCUT2D eigenvalue weighted by molar-refractivity contribution is -0.115. The summed E-state index contributed by atoms with van der Waals surface area (Å²) in [6, 6.07) is 11.5. The molecule has 0 aromatic heterocycles. The Bertz CT molecular complexity index is 653. The molecule has 0 amide bonds. The summed E-state index contributed by atoms with van der Waals surface area (Å²) in [5, 5.41) is 1.88. The van der Waals surface area contributed by atoms with Gasteiger partial charge in [-0.1, -0.05) is 51.1 Å². The molecule has 2 aromatic carbocycles. The molecule has 1 unspecified atom stereocenters. The summed E-state index contributed by atoms with van der Waals surface area (Å²) in [5.74, 6) is 0.299. The van der Waals surface area contributed by atoms with Crippen molar-refractivity contribution in [2.45, 2.75) is 27.1 Å². The first kappa shape index (κ1) is 12.0. The molecular weight excluding hydrogens is 240 g/mol. The van der Waals surface area contributed by atoms with Crippen LogP contribution in [0.15, 0.2) is 36.4 Å². The zero-order chi connectivity index (χ0) is 13.6. The van der Waals surface area contributed by atoms with Gasteiger partial charge in [-0.3, -0.25) is 0 Å². The van der Waals surface area contributed by atoms with E-state index >= 15 is 0 Å². The van der Waals surface area contributed by atoms with Crippen LogP contribution in [0.3, 0.4) is 0 Å². The van der Waals surface area contributed by atoms with E-state index in [1.54, 1.807) is 0 Å². The number of carbonyl (C=O) groups is 1. The predicted octanol–water partition coefficient (Wildman–Crippen LogP) is 3.76. The fraction of sp³-hybridized carbons (Fsp3) is 0.312. The molecule has 2 aromatic rings. The molecule has 0 aliphatic carbocycles. The third kappa shape index (κ3) is 1.95. The molecule has 0 spiro atoms. The fourth-order valence-corrected chi connectivity index (χ4v) is 2.21. The topological polar surface area (TPSA) is 35.5 Å². The minimum absolute atomic E-state index is 0.251. The molecule has 3 heteroatoms. The van der Waals surface area contributed by atoms with Crippen molar-refractivity contribution < 1.29 is 14.3 Å². The quantitative estimate of drug-likeness (QED) is 0.673. The second kappa shape index (κ2) is 3.98. The lowest BCUT2D eigenvalue weighted by Gasteiger charge is -2.34. The van der Waals surface area contributed by atoms with Gasteiger partial charge < -0.3 is 9.47 Å². The molecular formula is C16H16O3. The number of hydrogen-bond acceptors (Lipinski definition) is 3. The third-order valence-corrected chi connectivity index (χ3v) is 3.25. The Morgan fingerprint density at radius 2 is 1.74 bits per heavy atom. The average Bonchev–Trinajstić information content (AvgIpc) is 2.37. The van der Waals surface area contributed by atoms with Crippen LogP contribution in [-0.4, -0.2) is 12.3 Å². The van der Waals surface area contributed by atoms with E-state index in [2.05, 4.69) is 0 Å². The van der Waals surface area contributed by atoms with Gasteiger partial charge >= 0.3 is 5.97 Å². The van der Waals surface area contributed by atoms with Crippen LogP contribution in [0.1, 0.15) is 31.1 Å². The highest BCUT2D eigenvalue weighted by Crippen LogP contribution is 2.37. The van der Waals surface area contributed by atoms with Gasteiger partial charge in [-0.2, -0.15) is 0 Å². The van der Waals surface area contributed by atoms with Crippen molar-refractivity contribution in [3.8, 4) is 5.75 Å². The number of fused-ring (bicyclic) bond motifs is 3. The van der Waals surface area contributed by atoms with E-state index in [0.29, 0.717) is 11.3 Å². The van der Waals surface area contributed by atoms with Crippen LogP contribution in [0.5, 0.6) is 5.75 Å². The van der Waals surface area contributed by atoms with Gasteiger partial charge in [0.1, 0.15) is 11.3 Å². The fourth-order valence-electron chi connectivity index (χ4n) is 2.21. The summed E-state index contributed by atoms with van der Waals surface area (Å²) in [7, 11) is 0. The van der Waals surface area contributed by atoms with E-state index in [9.17, 15) is 4.79 Å². The van der Waals surface area contributed by atoms with Crippen molar-refractivity contribution in [3.63, 3.8) is 0 Å². The van der Waals surface area contributed by atoms with Crippen molar-refractivity contribution >= 4 is 16.7 Å². The van der Waals surface area contributed by atoms with Gasteiger partial charge in [-0.25, -0.2) is 4.79 Å². The summed E-state index contributed by atoms with van der Waals surface area (Å²) < 4.78 is 11.3. The standard InChI is InChI=1S/C16H16O3/c1-16(2,3)15-18-12-9-8-10-6-4-5-7-11(10)13(12)14(17)19-15/h4-9,15H,1-3H3. The van der Waals surface area contributed by atoms with Crippen molar-refractivity contribution in [1.82, 2.24) is 0 Å². The van der Waals surface area contributed by atoms with Crippen LogP contribution in [-0.2, 0) is 4.74 Å². The SMILES string of the molecule is CC(C)(C)C1OC(=O)c2c(ccc3ccccc23)O1. The van der Waals surface area contributed by atoms with Crippen molar-refractivity contribution in [1.29, 1.82) is 0 Å². The molecule has 1 aliphatic rings. The van der Waals surface area contributed by atoms with Gasteiger partial charge in [0, 0.05) is 5.41 Å². The zero-order valence-corrected chi connectivity index (χ0v) is 11.3. The lowest BCUT2D eigenvalue weighted by Crippen LogP contribution is -2.40. The lowest BCUT2D eigenvalue weighted by atomic mass is 9.94. The largest absolute Gasteiger partial charge is 0.453 e. The van der Waals surface area contributed by atoms with Gasteiger partial charge in [0.15, 0.2) is 0 Å². The number of esters is 1. The number of cyclic esters (lactones) is 1. The van der Waals surface area contributed by atoms with Gasteiger partial charge in [0.05, 0.1) is 0 Å². The van der Waals surface area contributed by atoms with E-state index in [1.807, 2.05) is 57.2 Å². The van der Waals surface area contributed by atoms with Crippen molar-refractivity contribution in [3.05, 3.63) is 42.0 Å². The van der Waals surface area contributed by atoms with E-state index in [-0.39, 0.29) is 11.4 Å². The van der Waals surface area contributed by atoms with Gasteiger partial charge in [0.2, 0.25) is 6.29 Å². The number of carbonyl (C=O) groups excluding carboxylic acids is 1. The molecule has 98 valence electrons. The Morgan fingerprint density at radius 1 is 1.00 bits per heavy atom. The molecule has 1 aliphatic heterocycles. The third-order valence-electron chi connectivity index (χ3n) is 3.25. The minimum Gasteiger partial charge on any atom is -0.453 e. The summed E-state index contributed by atoms with van der Waals surface area (Å²) in [6.07, 6.45) is -0.548. The molecule has 3 nitrogen and oxygen atoms in total. The molecule has 1 atom stereocenters. The predicted molar refractivity (Wildman–Crippen MR) is 73.2 cm³/mol. The summed E-state index contributed by atoms with van der Waals surface area (Å²) >= 11 is 0. The maximum atomic E-state index is 12.3. The maximum Gasteiger partial charge on any atom is 0.345 e. The van der Waals surface area contributed by atoms with Crippen LogP contribution in [0.2, 0.25) is 0 Å². The monoisotopic (exact) mass is 256 g/mol. The highest BCUT2D eigenvalue weighted by molar-refractivity contribution is 6.07. The van der Waals surface area contributed by atoms with Crippen LogP contribution in [0.4, 0.5) is 0 Å². The normalized spacial score (nSPS) is 18.7. The van der Waals surface area contributed by atoms with Crippen LogP contribution < -0.4 is 4.74 Å². The van der Waals surface area contributed by atoms with Crippen molar-refractivity contribution in [2.24, 2.45) is 5.41 Å². The first-order valence-electron chi connectivity index (χ1n) is 6.36. The molecule has 0 saturated carbocycles. The van der Waals surface area contributed by atoms with Gasteiger partial charge in [0.25, 0.3) is 0 Å². The minimum atomic E-state index is -0.548. The molecule has 3 rings (SSSR count). The Hall–Kier alpha value is -2.03. The van der Waals surface area contributed by atoms with E-state index in [1.165, 1.54) is 0 Å². The molecule has 0 fully saturated rings. The van der Waals surface area contributed by atoms with Gasteiger partial charge in [-0.15, -0.1) is 0 Å². The smallest absolute Gasteiger partial charge is 0.345 e. The second-order valence-electron chi connectivity index (χ2n) is 5.88. The molecule has 0 bridgehead atoms. The number of rotatable bonds is 0. The maximum absolute atomic E-state index is 12.3. The van der Waals surface area contributed by atoms with E-state index in [4.69, 9.17) is 9.47 Å². The van der Waals surface area contributed by atoms with Crippen LogP contribution >= 0.6 is 0 Å². The summed E-state index contributed by atoms with van der Waals surface area (Å²) in [6.45, 7) is 5.95. The Labute approximate surface area is 112 Å². The highest BCUT2D eigenvalue weighted by Gasteiger charge is 2.36. The number of benzene rings is 2. The van der Waals surface area contributed by atoms with E-state index < -0.39 is 6.29 Å². The summed E-state index contributed by atoms with van der Waals surface area (Å²) in [4.78, 5) is 12.3. The number of hydrogen-bond donors (Lipinski definition) is 0. The summed E-state index contributed by atoms with van der Waals surface area (Å²) in [5.41, 5.74) is 0.275. The Morgan fingerprint density at radius 3 is 2.47 bits per heavy atom. The van der Waals surface area contributed by atoms with Crippen LogP contribution in [0.25, 0.3) is 10.8 Å². The number of ether oxygens (including phenoxy) is 2. The molecule has 0 N–H and O–H groups in total. The molecule has 19 heavy (non-hydrogen) atoms. The first-order chi connectivity index (χ1) is 8.97. The molecule has 1 heterocycles. The molecule has 0 saturated heterocycles.